The van der Waals surface area contributed by atoms with E-state index >= 15 is 0 Å². The van der Waals surface area contributed by atoms with Crippen LogP contribution in [0.3, 0.4) is 0 Å². The second-order valence-corrected chi connectivity index (χ2v) is 4.00. The molecule has 6 heteroatoms. The summed E-state index contributed by atoms with van der Waals surface area (Å²) in [4.78, 5) is 15.2. The standard InChI is InChI=1S/C12H11N3O3/c16-12(17)11-9-7-18-5-3-10(9)15(14-11)8-2-1-4-13-6-8/h1-2,4,6H,3,5,7H2,(H,16,17). The summed E-state index contributed by atoms with van der Waals surface area (Å²) >= 11 is 0. The highest BCUT2D eigenvalue weighted by molar-refractivity contribution is 5.87. The van der Waals surface area contributed by atoms with Crippen LogP contribution in [-0.4, -0.2) is 32.4 Å². The van der Waals surface area contributed by atoms with Gasteiger partial charge in [-0.2, -0.15) is 5.10 Å². The molecular formula is C12H11N3O3. The highest BCUT2D eigenvalue weighted by Gasteiger charge is 2.25. The second-order valence-electron chi connectivity index (χ2n) is 4.00. The van der Waals surface area contributed by atoms with Crippen molar-refractivity contribution in [2.75, 3.05) is 6.61 Å². The Morgan fingerprint density at radius 3 is 3.11 bits per heavy atom. The number of carboxylic acid groups (broad SMARTS) is 1. The number of carboxylic acids is 1. The average Bonchev–Trinajstić information content (AvgIpc) is 2.79. The Kier molecular flexibility index (Phi) is 2.56. The number of hydrogen-bond acceptors (Lipinski definition) is 4. The fraction of sp³-hybridized carbons (Fsp3) is 0.250. The van der Waals surface area contributed by atoms with E-state index in [1.807, 2.05) is 6.07 Å². The monoisotopic (exact) mass is 245 g/mol. The van der Waals surface area contributed by atoms with E-state index in [1.54, 1.807) is 23.1 Å². The third-order valence-electron chi connectivity index (χ3n) is 2.91. The molecular weight excluding hydrogens is 234 g/mol. The van der Waals surface area contributed by atoms with Crippen LogP contribution in [0, 0.1) is 0 Å². The predicted octanol–water partition coefficient (Wildman–Crippen LogP) is 1.04. The second kappa shape index (κ2) is 4.23. The Hall–Kier alpha value is -2.21. The van der Waals surface area contributed by atoms with E-state index in [2.05, 4.69) is 10.1 Å². The van der Waals surface area contributed by atoms with E-state index in [-0.39, 0.29) is 5.69 Å². The Bertz CT molecular complexity index is 592. The van der Waals surface area contributed by atoms with Gasteiger partial charge in [0, 0.05) is 18.2 Å². The number of hydrogen-bond donors (Lipinski definition) is 1. The highest BCUT2D eigenvalue weighted by Crippen LogP contribution is 2.23. The minimum atomic E-state index is -1.03. The summed E-state index contributed by atoms with van der Waals surface area (Å²) in [5, 5.41) is 13.3. The summed E-state index contributed by atoms with van der Waals surface area (Å²) in [6.07, 6.45) is 3.99. The van der Waals surface area contributed by atoms with Crippen LogP contribution >= 0.6 is 0 Å². The van der Waals surface area contributed by atoms with Crippen molar-refractivity contribution in [3.8, 4) is 5.69 Å². The Labute approximate surface area is 103 Å². The van der Waals surface area contributed by atoms with Crippen LogP contribution < -0.4 is 0 Å². The number of nitrogens with zero attached hydrogens (tertiary/aromatic N) is 3. The van der Waals surface area contributed by atoms with Gasteiger partial charge >= 0.3 is 5.97 Å². The zero-order chi connectivity index (χ0) is 12.5. The lowest BCUT2D eigenvalue weighted by Crippen LogP contribution is -2.13. The van der Waals surface area contributed by atoms with Crippen LogP contribution in [0.4, 0.5) is 0 Å². The van der Waals surface area contributed by atoms with E-state index in [1.165, 1.54) is 0 Å². The number of pyridine rings is 1. The first-order chi connectivity index (χ1) is 8.77. The molecule has 0 radical (unpaired) electrons. The van der Waals surface area contributed by atoms with Gasteiger partial charge in [0.1, 0.15) is 0 Å². The molecule has 1 aliphatic rings. The molecule has 6 nitrogen and oxygen atoms in total. The van der Waals surface area contributed by atoms with Gasteiger partial charge in [-0.05, 0) is 12.1 Å². The topological polar surface area (TPSA) is 77.2 Å². The summed E-state index contributed by atoms with van der Waals surface area (Å²) in [5.41, 5.74) is 2.39. The number of ether oxygens (including phenoxy) is 1. The minimum Gasteiger partial charge on any atom is -0.476 e. The van der Waals surface area contributed by atoms with E-state index in [9.17, 15) is 4.79 Å². The van der Waals surface area contributed by atoms with E-state index in [0.29, 0.717) is 25.2 Å². The Morgan fingerprint density at radius 2 is 2.39 bits per heavy atom. The van der Waals surface area contributed by atoms with Gasteiger partial charge in [0.25, 0.3) is 0 Å². The minimum absolute atomic E-state index is 0.0635. The first-order valence-electron chi connectivity index (χ1n) is 5.59. The van der Waals surface area contributed by atoms with Crippen molar-refractivity contribution >= 4 is 5.97 Å². The molecule has 0 aliphatic carbocycles. The number of aromatic nitrogens is 3. The fourth-order valence-corrected chi connectivity index (χ4v) is 2.10. The van der Waals surface area contributed by atoms with Crippen LogP contribution in [0.2, 0.25) is 0 Å². The van der Waals surface area contributed by atoms with Crippen molar-refractivity contribution in [3.63, 3.8) is 0 Å². The van der Waals surface area contributed by atoms with E-state index < -0.39 is 5.97 Å². The molecule has 92 valence electrons. The van der Waals surface area contributed by atoms with Gasteiger partial charge in [-0.1, -0.05) is 0 Å². The number of aromatic carboxylic acids is 1. The average molecular weight is 245 g/mol. The van der Waals surface area contributed by atoms with Crippen LogP contribution in [0.1, 0.15) is 21.7 Å². The van der Waals surface area contributed by atoms with Gasteiger partial charge in [0.2, 0.25) is 0 Å². The maximum atomic E-state index is 11.2. The lowest BCUT2D eigenvalue weighted by Gasteiger charge is -2.14. The molecule has 0 amide bonds. The van der Waals surface area contributed by atoms with Crippen LogP contribution in [0.25, 0.3) is 5.69 Å². The largest absolute Gasteiger partial charge is 0.476 e. The molecule has 0 aromatic carbocycles. The number of fused-ring (bicyclic) bond motifs is 1. The Morgan fingerprint density at radius 1 is 1.50 bits per heavy atom. The van der Waals surface area contributed by atoms with Gasteiger partial charge in [-0.3, -0.25) is 4.98 Å². The quantitative estimate of drug-likeness (QED) is 0.855. The van der Waals surface area contributed by atoms with Crippen molar-refractivity contribution < 1.29 is 14.6 Å². The first kappa shape index (κ1) is 10.9. The van der Waals surface area contributed by atoms with Crippen molar-refractivity contribution in [3.05, 3.63) is 41.5 Å². The molecule has 3 heterocycles. The third-order valence-corrected chi connectivity index (χ3v) is 2.91. The normalized spacial score (nSPS) is 14.2. The molecule has 2 aromatic heterocycles. The van der Waals surface area contributed by atoms with E-state index in [0.717, 1.165) is 11.4 Å². The predicted molar refractivity (Wildman–Crippen MR) is 61.7 cm³/mol. The van der Waals surface area contributed by atoms with Crippen LogP contribution in [0.5, 0.6) is 0 Å². The summed E-state index contributed by atoms with van der Waals surface area (Å²) in [5.74, 6) is -1.03. The van der Waals surface area contributed by atoms with Crippen LogP contribution in [0.15, 0.2) is 24.5 Å². The van der Waals surface area contributed by atoms with Crippen molar-refractivity contribution in [1.82, 2.24) is 14.8 Å². The molecule has 0 fully saturated rings. The van der Waals surface area contributed by atoms with Crippen molar-refractivity contribution in [1.29, 1.82) is 0 Å². The smallest absolute Gasteiger partial charge is 0.356 e. The van der Waals surface area contributed by atoms with Gasteiger partial charge in [-0.25, -0.2) is 9.48 Å². The zero-order valence-corrected chi connectivity index (χ0v) is 9.54. The van der Waals surface area contributed by atoms with E-state index in [4.69, 9.17) is 9.84 Å². The molecule has 18 heavy (non-hydrogen) atoms. The van der Waals surface area contributed by atoms with Gasteiger partial charge in [-0.15, -0.1) is 0 Å². The SMILES string of the molecule is O=C(O)c1nn(-c2cccnc2)c2c1COCC2. The lowest BCUT2D eigenvalue weighted by molar-refractivity contribution is 0.0677. The Balaban J connectivity index is 2.18. The van der Waals surface area contributed by atoms with Gasteiger partial charge in [0.05, 0.1) is 30.8 Å². The molecule has 0 saturated carbocycles. The first-order valence-corrected chi connectivity index (χ1v) is 5.59. The summed E-state index contributed by atoms with van der Waals surface area (Å²) in [7, 11) is 0. The molecule has 2 aromatic rings. The van der Waals surface area contributed by atoms with Gasteiger partial charge in [0.15, 0.2) is 5.69 Å². The van der Waals surface area contributed by atoms with Crippen molar-refractivity contribution in [2.45, 2.75) is 13.0 Å². The third kappa shape index (κ3) is 1.67. The molecule has 0 bridgehead atoms. The van der Waals surface area contributed by atoms with Crippen LogP contribution in [-0.2, 0) is 17.8 Å². The highest BCUT2D eigenvalue weighted by atomic mass is 16.5. The number of rotatable bonds is 2. The molecule has 3 rings (SSSR count). The summed E-state index contributed by atoms with van der Waals surface area (Å²) in [6.45, 7) is 0.884. The molecule has 0 spiro atoms. The maximum Gasteiger partial charge on any atom is 0.356 e. The molecule has 0 atom stereocenters. The van der Waals surface area contributed by atoms with Gasteiger partial charge < -0.3 is 9.84 Å². The maximum absolute atomic E-state index is 11.2. The molecule has 1 aliphatic heterocycles. The molecule has 1 N–H and O–H groups in total. The number of carbonyl (C=O) groups is 1. The summed E-state index contributed by atoms with van der Waals surface area (Å²) in [6, 6.07) is 3.64. The zero-order valence-electron chi connectivity index (χ0n) is 9.54. The molecule has 0 saturated heterocycles. The van der Waals surface area contributed by atoms with Crippen molar-refractivity contribution in [2.24, 2.45) is 0 Å². The molecule has 0 unspecified atom stereocenters. The lowest BCUT2D eigenvalue weighted by atomic mass is 10.1. The summed E-state index contributed by atoms with van der Waals surface area (Å²) < 4.78 is 6.95. The fourth-order valence-electron chi connectivity index (χ4n) is 2.10.